The van der Waals surface area contributed by atoms with E-state index in [0.29, 0.717) is 29.4 Å². The van der Waals surface area contributed by atoms with Crippen molar-refractivity contribution < 1.29 is 9.59 Å². The van der Waals surface area contributed by atoms with Gasteiger partial charge in [-0.1, -0.05) is 30.3 Å². The minimum Gasteiger partial charge on any atom is -0.324 e. The number of nitrogens with zero attached hydrogens (tertiary/aromatic N) is 3. The van der Waals surface area contributed by atoms with Crippen molar-refractivity contribution in [3.05, 3.63) is 78.1 Å². The predicted molar refractivity (Wildman–Crippen MR) is 106 cm³/mol. The summed E-state index contributed by atoms with van der Waals surface area (Å²) in [7, 11) is 0. The van der Waals surface area contributed by atoms with Crippen molar-refractivity contribution in [2.24, 2.45) is 0 Å². The number of nitrogens with one attached hydrogen (secondary N) is 1. The topological polar surface area (TPSA) is 75.2 Å². The zero-order chi connectivity index (χ0) is 19.2. The fraction of sp³-hybridized carbons (Fsp3) is 0.143. The quantitative estimate of drug-likeness (QED) is 0.670. The maximum Gasteiger partial charge on any atom is 0.277 e. The van der Waals surface area contributed by atoms with Crippen LogP contribution in [0.3, 0.4) is 0 Å². The fourth-order valence-corrected chi connectivity index (χ4v) is 2.67. The highest BCUT2D eigenvalue weighted by molar-refractivity contribution is 6.04. The molecule has 6 nitrogen and oxygen atoms in total. The summed E-state index contributed by atoms with van der Waals surface area (Å²) >= 11 is 0. The van der Waals surface area contributed by atoms with E-state index in [1.54, 1.807) is 29.2 Å². The van der Waals surface area contributed by atoms with Gasteiger partial charge in [-0.2, -0.15) is 0 Å². The number of aromatic nitrogens is 2. The second kappa shape index (κ2) is 8.23. The van der Waals surface area contributed by atoms with Crippen molar-refractivity contribution >= 4 is 29.0 Å². The van der Waals surface area contributed by atoms with Crippen LogP contribution in [-0.4, -0.2) is 28.2 Å². The van der Waals surface area contributed by atoms with Gasteiger partial charge in [-0.15, -0.1) is 0 Å². The third-order valence-electron chi connectivity index (χ3n) is 4.03. The largest absolute Gasteiger partial charge is 0.324 e. The molecule has 0 spiro atoms. The molecule has 1 amide bonds. The van der Waals surface area contributed by atoms with E-state index in [0.717, 1.165) is 5.69 Å². The Kier molecular flexibility index (Phi) is 5.56. The lowest BCUT2D eigenvalue weighted by atomic mass is 10.1. The first-order valence-corrected chi connectivity index (χ1v) is 8.66. The van der Waals surface area contributed by atoms with Crippen LogP contribution in [0.4, 0.5) is 17.3 Å². The van der Waals surface area contributed by atoms with Crippen molar-refractivity contribution in [3.8, 4) is 0 Å². The molecule has 0 saturated heterocycles. The van der Waals surface area contributed by atoms with E-state index in [2.05, 4.69) is 15.3 Å². The Hall–Kier alpha value is -3.54. The van der Waals surface area contributed by atoms with Crippen molar-refractivity contribution in [2.45, 2.75) is 13.8 Å². The molecule has 27 heavy (non-hydrogen) atoms. The second-order valence-corrected chi connectivity index (χ2v) is 5.91. The molecule has 0 unspecified atom stereocenters. The van der Waals surface area contributed by atoms with Crippen LogP contribution in [0.5, 0.6) is 0 Å². The predicted octanol–water partition coefficient (Wildman–Crippen LogP) is 4.09. The third kappa shape index (κ3) is 4.36. The Labute approximate surface area is 157 Å². The van der Waals surface area contributed by atoms with Crippen LogP contribution in [-0.2, 0) is 0 Å². The summed E-state index contributed by atoms with van der Waals surface area (Å²) in [6, 6.07) is 18.1. The smallest absolute Gasteiger partial charge is 0.277 e. The molecule has 1 heterocycles. The van der Waals surface area contributed by atoms with Gasteiger partial charge in [0.25, 0.3) is 5.91 Å². The van der Waals surface area contributed by atoms with Gasteiger partial charge < -0.3 is 10.2 Å². The molecular formula is C21H20N4O2. The van der Waals surface area contributed by atoms with Crippen LogP contribution < -0.4 is 10.2 Å². The molecule has 0 bridgehead atoms. The molecule has 0 aliphatic heterocycles. The standard InChI is InChI=1S/C21H20N4O2/c1-3-25(18-10-5-4-6-11-18)20(27)19-12-13-22-21(24-19)23-17-9-7-8-16(14-17)15(2)26/h4-14H,3H2,1-2H3,(H,22,23,24). The van der Waals surface area contributed by atoms with Crippen molar-refractivity contribution in [1.29, 1.82) is 0 Å². The molecule has 0 fully saturated rings. The summed E-state index contributed by atoms with van der Waals surface area (Å²) in [6.07, 6.45) is 1.54. The Balaban J connectivity index is 1.84. The average molecular weight is 360 g/mol. The highest BCUT2D eigenvalue weighted by Crippen LogP contribution is 2.18. The van der Waals surface area contributed by atoms with E-state index in [1.807, 2.05) is 43.3 Å². The molecule has 1 N–H and O–H groups in total. The first kappa shape index (κ1) is 18.3. The maximum absolute atomic E-state index is 12.9. The highest BCUT2D eigenvalue weighted by atomic mass is 16.2. The maximum atomic E-state index is 12.9. The lowest BCUT2D eigenvalue weighted by molar-refractivity contribution is 0.0981. The van der Waals surface area contributed by atoms with E-state index < -0.39 is 0 Å². The SMILES string of the molecule is CCN(C(=O)c1ccnc(Nc2cccc(C(C)=O)c2)n1)c1ccccc1. The van der Waals surface area contributed by atoms with Gasteiger partial charge in [-0.3, -0.25) is 9.59 Å². The van der Waals surface area contributed by atoms with Gasteiger partial charge in [0.15, 0.2) is 5.78 Å². The van der Waals surface area contributed by atoms with E-state index in [1.165, 1.54) is 13.1 Å². The molecule has 1 aromatic heterocycles. The minimum absolute atomic E-state index is 0.0232. The third-order valence-corrected chi connectivity index (χ3v) is 4.03. The van der Waals surface area contributed by atoms with Crippen molar-refractivity contribution in [2.75, 3.05) is 16.8 Å². The zero-order valence-corrected chi connectivity index (χ0v) is 15.2. The molecule has 3 rings (SSSR count). The number of benzene rings is 2. The Morgan fingerprint density at radius 1 is 1.04 bits per heavy atom. The lowest BCUT2D eigenvalue weighted by Crippen LogP contribution is -2.31. The minimum atomic E-state index is -0.202. The number of para-hydroxylation sites is 1. The van der Waals surface area contributed by atoms with Gasteiger partial charge in [0.2, 0.25) is 5.95 Å². The average Bonchev–Trinajstić information content (AvgIpc) is 2.70. The summed E-state index contributed by atoms with van der Waals surface area (Å²) in [4.78, 5) is 34.6. The first-order chi connectivity index (χ1) is 13.1. The van der Waals surface area contributed by atoms with Crippen LogP contribution in [0, 0.1) is 0 Å². The van der Waals surface area contributed by atoms with Gasteiger partial charge in [-0.05, 0) is 44.2 Å². The number of carbonyl (C=O) groups excluding carboxylic acids is 2. The molecule has 0 aliphatic carbocycles. The molecule has 136 valence electrons. The van der Waals surface area contributed by atoms with Gasteiger partial charge >= 0.3 is 0 Å². The Bertz CT molecular complexity index is 957. The summed E-state index contributed by atoms with van der Waals surface area (Å²) in [5, 5.41) is 3.05. The number of hydrogen-bond donors (Lipinski definition) is 1. The van der Waals surface area contributed by atoms with Crippen molar-refractivity contribution in [3.63, 3.8) is 0 Å². The number of amides is 1. The van der Waals surface area contributed by atoms with Crippen LogP contribution in [0.1, 0.15) is 34.7 Å². The number of Topliss-reactive ketones (excluding diaryl/α,β-unsaturated/α-hetero) is 1. The van der Waals surface area contributed by atoms with E-state index in [9.17, 15) is 9.59 Å². The number of hydrogen-bond acceptors (Lipinski definition) is 5. The van der Waals surface area contributed by atoms with Crippen LogP contribution in [0.2, 0.25) is 0 Å². The van der Waals surface area contributed by atoms with E-state index in [-0.39, 0.29) is 11.7 Å². The zero-order valence-electron chi connectivity index (χ0n) is 15.2. The first-order valence-electron chi connectivity index (χ1n) is 8.66. The molecule has 0 saturated carbocycles. The summed E-state index contributed by atoms with van der Waals surface area (Å²) in [5.41, 5.74) is 2.38. The van der Waals surface area contributed by atoms with Crippen LogP contribution in [0.15, 0.2) is 66.9 Å². The Morgan fingerprint density at radius 3 is 2.52 bits per heavy atom. The highest BCUT2D eigenvalue weighted by Gasteiger charge is 2.18. The summed E-state index contributed by atoms with van der Waals surface area (Å²) < 4.78 is 0. The molecule has 0 aliphatic rings. The lowest BCUT2D eigenvalue weighted by Gasteiger charge is -2.20. The summed E-state index contributed by atoms with van der Waals surface area (Å²) in [6.45, 7) is 3.95. The van der Waals surface area contributed by atoms with Gasteiger partial charge in [0.05, 0.1) is 0 Å². The second-order valence-electron chi connectivity index (χ2n) is 5.91. The van der Waals surface area contributed by atoms with Gasteiger partial charge in [-0.25, -0.2) is 9.97 Å². The summed E-state index contributed by atoms with van der Waals surface area (Å²) in [5.74, 6) is 0.0715. The molecular weight excluding hydrogens is 340 g/mol. The Morgan fingerprint density at radius 2 is 1.81 bits per heavy atom. The molecule has 0 atom stereocenters. The monoisotopic (exact) mass is 360 g/mol. The van der Waals surface area contributed by atoms with Crippen molar-refractivity contribution in [1.82, 2.24) is 9.97 Å². The van der Waals surface area contributed by atoms with Gasteiger partial charge in [0, 0.05) is 29.7 Å². The molecule has 3 aromatic rings. The molecule has 6 heteroatoms. The van der Waals surface area contributed by atoms with Gasteiger partial charge in [0.1, 0.15) is 5.69 Å². The van der Waals surface area contributed by atoms with Crippen LogP contribution in [0.25, 0.3) is 0 Å². The number of ketones is 1. The number of anilines is 3. The van der Waals surface area contributed by atoms with E-state index in [4.69, 9.17) is 0 Å². The van der Waals surface area contributed by atoms with E-state index >= 15 is 0 Å². The number of rotatable bonds is 6. The molecule has 0 radical (unpaired) electrons. The van der Waals surface area contributed by atoms with Crippen LogP contribution >= 0.6 is 0 Å². The molecule has 2 aromatic carbocycles. The fourth-order valence-electron chi connectivity index (χ4n) is 2.67. The normalized spacial score (nSPS) is 10.3. The number of carbonyl (C=O) groups is 2.